The maximum atomic E-state index is 14.5. The maximum Gasteiger partial charge on any atom is 0.326 e. The minimum atomic E-state index is -1.25. The van der Waals surface area contributed by atoms with Crippen molar-refractivity contribution < 1.29 is 18.7 Å². The van der Waals surface area contributed by atoms with Crippen LogP contribution >= 0.6 is 0 Å². The van der Waals surface area contributed by atoms with Gasteiger partial charge in [0.15, 0.2) is 0 Å². The second-order valence-electron chi connectivity index (χ2n) is 8.38. The molecule has 35 heavy (non-hydrogen) atoms. The van der Waals surface area contributed by atoms with E-state index in [0.717, 1.165) is 32.1 Å². The number of hydrogen-bond donors (Lipinski definition) is 2. The van der Waals surface area contributed by atoms with Crippen molar-refractivity contribution in [1.29, 1.82) is 0 Å². The molecule has 2 N–H and O–H groups in total. The van der Waals surface area contributed by atoms with Gasteiger partial charge < -0.3 is 14.8 Å². The molecule has 5 rings (SSSR count). The Hall–Kier alpha value is -4.46. The van der Waals surface area contributed by atoms with Gasteiger partial charge in [0.25, 0.3) is 5.56 Å². The van der Waals surface area contributed by atoms with Gasteiger partial charge in [0, 0.05) is 16.8 Å². The van der Waals surface area contributed by atoms with Gasteiger partial charge in [-0.3, -0.25) is 9.36 Å². The fourth-order valence-electron chi connectivity index (χ4n) is 4.21. The second kappa shape index (κ2) is 8.72. The number of carboxylic acid groups (broad SMARTS) is 1. The molecule has 2 aromatic heterocycles. The van der Waals surface area contributed by atoms with Crippen LogP contribution in [0.1, 0.15) is 31.5 Å². The van der Waals surface area contributed by atoms with Crippen LogP contribution in [-0.2, 0) is 4.79 Å². The average Bonchev–Trinajstić information content (AvgIpc) is 3.23. The van der Waals surface area contributed by atoms with E-state index in [1.165, 1.54) is 31.3 Å². The third-order valence-corrected chi connectivity index (χ3v) is 6.13. The van der Waals surface area contributed by atoms with Gasteiger partial charge in [-0.15, -0.1) is 0 Å². The number of para-hydroxylation sites is 1. The first-order valence-electron chi connectivity index (χ1n) is 11.1. The zero-order valence-electron chi connectivity index (χ0n) is 19.0. The SMILES string of the molecule is CC(C(=O)O)n1c(-c2ccccc2F)ncc(N[C@H](C)c2ccc3oc4ccccc4c3c2)c1=O. The Labute approximate surface area is 199 Å². The summed E-state index contributed by atoms with van der Waals surface area (Å²) in [6, 6.07) is 17.8. The Morgan fingerprint density at radius 2 is 1.74 bits per heavy atom. The standard InChI is InChI=1S/C27H22FN3O4/c1-15(17-11-12-24-20(13-17)18-7-4-6-10-23(18)35-24)30-22-14-29-25(19-8-3-5-9-21(19)28)31(26(22)32)16(2)27(33)34/h3-16,30H,1-2H3,(H,33,34)/t15-,16?/m1/s1. The lowest BCUT2D eigenvalue weighted by Crippen LogP contribution is -2.32. The van der Waals surface area contributed by atoms with Gasteiger partial charge in [0.05, 0.1) is 11.8 Å². The first-order valence-corrected chi connectivity index (χ1v) is 11.1. The summed E-state index contributed by atoms with van der Waals surface area (Å²) < 4.78 is 21.4. The largest absolute Gasteiger partial charge is 0.480 e. The molecular formula is C27H22FN3O4. The summed E-state index contributed by atoms with van der Waals surface area (Å²) >= 11 is 0. The van der Waals surface area contributed by atoms with E-state index in [2.05, 4.69) is 10.3 Å². The van der Waals surface area contributed by atoms with E-state index in [0.29, 0.717) is 0 Å². The molecule has 2 atom stereocenters. The molecule has 0 saturated heterocycles. The molecule has 0 fully saturated rings. The highest BCUT2D eigenvalue weighted by Gasteiger charge is 2.24. The number of rotatable bonds is 6. The molecule has 176 valence electrons. The summed E-state index contributed by atoms with van der Waals surface area (Å²) in [6.07, 6.45) is 1.32. The fourth-order valence-corrected chi connectivity index (χ4v) is 4.21. The van der Waals surface area contributed by atoms with Crippen molar-refractivity contribution in [3.63, 3.8) is 0 Å². The Balaban J connectivity index is 1.55. The van der Waals surface area contributed by atoms with Crippen molar-refractivity contribution in [2.75, 3.05) is 5.32 Å². The molecule has 0 spiro atoms. The minimum absolute atomic E-state index is 0.0486. The van der Waals surface area contributed by atoms with E-state index in [9.17, 15) is 19.1 Å². The number of anilines is 1. The van der Waals surface area contributed by atoms with Gasteiger partial charge in [-0.2, -0.15) is 0 Å². The highest BCUT2D eigenvalue weighted by molar-refractivity contribution is 6.05. The quantitative estimate of drug-likeness (QED) is 0.326. The smallest absolute Gasteiger partial charge is 0.326 e. The topological polar surface area (TPSA) is 97.4 Å². The van der Waals surface area contributed by atoms with Crippen LogP contribution in [0.4, 0.5) is 10.1 Å². The number of nitrogens with one attached hydrogen (secondary N) is 1. The molecule has 0 bridgehead atoms. The van der Waals surface area contributed by atoms with E-state index in [-0.39, 0.29) is 23.1 Å². The van der Waals surface area contributed by atoms with Gasteiger partial charge in [-0.1, -0.05) is 36.4 Å². The molecule has 5 aromatic rings. The van der Waals surface area contributed by atoms with Crippen LogP contribution in [0, 0.1) is 5.82 Å². The van der Waals surface area contributed by atoms with Crippen molar-refractivity contribution in [3.8, 4) is 11.4 Å². The number of nitrogens with zero attached hydrogens (tertiary/aromatic N) is 2. The summed E-state index contributed by atoms with van der Waals surface area (Å²) in [5, 5.41) is 14.7. The molecule has 0 aliphatic heterocycles. The maximum absolute atomic E-state index is 14.5. The number of fused-ring (bicyclic) bond motifs is 3. The zero-order valence-corrected chi connectivity index (χ0v) is 19.0. The predicted octanol–water partition coefficient (Wildman–Crippen LogP) is 5.77. The van der Waals surface area contributed by atoms with Crippen LogP contribution in [0.3, 0.4) is 0 Å². The number of carboxylic acids is 1. The predicted molar refractivity (Wildman–Crippen MR) is 132 cm³/mol. The summed E-state index contributed by atoms with van der Waals surface area (Å²) in [5.41, 5.74) is 2.01. The number of aromatic nitrogens is 2. The molecule has 0 aliphatic carbocycles. The van der Waals surface area contributed by atoms with E-state index in [1.54, 1.807) is 6.07 Å². The normalized spacial score (nSPS) is 13.1. The molecule has 0 amide bonds. The molecule has 3 aromatic carbocycles. The molecule has 0 radical (unpaired) electrons. The number of benzene rings is 3. The first kappa shape index (κ1) is 22.3. The number of aliphatic carboxylic acids is 1. The molecule has 8 heteroatoms. The van der Waals surface area contributed by atoms with E-state index >= 15 is 0 Å². The lowest BCUT2D eigenvalue weighted by atomic mass is 10.0. The number of hydrogen-bond acceptors (Lipinski definition) is 5. The van der Waals surface area contributed by atoms with Crippen molar-refractivity contribution >= 4 is 33.6 Å². The summed E-state index contributed by atoms with van der Waals surface area (Å²) in [7, 11) is 0. The van der Waals surface area contributed by atoms with Crippen LogP contribution in [0.25, 0.3) is 33.3 Å². The van der Waals surface area contributed by atoms with E-state index in [1.807, 2.05) is 49.4 Å². The van der Waals surface area contributed by atoms with Crippen molar-refractivity contribution in [2.45, 2.75) is 25.9 Å². The Kier molecular flexibility index (Phi) is 5.56. The highest BCUT2D eigenvalue weighted by atomic mass is 19.1. The van der Waals surface area contributed by atoms with E-state index in [4.69, 9.17) is 4.42 Å². The van der Waals surface area contributed by atoms with Crippen LogP contribution < -0.4 is 10.9 Å². The van der Waals surface area contributed by atoms with Crippen LogP contribution in [0.2, 0.25) is 0 Å². The first-order chi connectivity index (χ1) is 16.8. The molecule has 1 unspecified atom stereocenters. The third kappa shape index (κ3) is 3.93. The zero-order chi connectivity index (χ0) is 24.7. The third-order valence-electron chi connectivity index (χ3n) is 6.13. The number of carbonyl (C=O) groups is 1. The molecule has 0 aliphatic rings. The Morgan fingerprint density at radius 1 is 1.03 bits per heavy atom. The van der Waals surface area contributed by atoms with Crippen molar-refractivity contribution in [1.82, 2.24) is 9.55 Å². The molecule has 0 saturated carbocycles. The van der Waals surface area contributed by atoms with Crippen LogP contribution in [0.5, 0.6) is 0 Å². The lowest BCUT2D eigenvalue weighted by molar-refractivity contribution is -0.140. The van der Waals surface area contributed by atoms with Gasteiger partial charge in [-0.05, 0) is 49.7 Å². The van der Waals surface area contributed by atoms with Crippen molar-refractivity contribution in [2.24, 2.45) is 0 Å². The Morgan fingerprint density at radius 3 is 2.51 bits per heavy atom. The lowest BCUT2D eigenvalue weighted by Gasteiger charge is -2.20. The molecule has 2 heterocycles. The highest BCUT2D eigenvalue weighted by Crippen LogP contribution is 2.31. The van der Waals surface area contributed by atoms with Gasteiger partial charge in [0.1, 0.15) is 34.5 Å². The second-order valence-corrected chi connectivity index (χ2v) is 8.38. The van der Waals surface area contributed by atoms with Crippen LogP contribution in [-0.4, -0.2) is 20.6 Å². The molecule has 7 nitrogen and oxygen atoms in total. The van der Waals surface area contributed by atoms with Gasteiger partial charge >= 0.3 is 5.97 Å². The monoisotopic (exact) mass is 471 g/mol. The van der Waals surface area contributed by atoms with Crippen LogP contribution in [0.15, 0.2) is 82.1 Å². The molecular weight excluding hydrogens is 449 g/mol. The summed E-state index contributed by atoms with van der Waals surface area (Å²) in [5.74, 6) is -1.87. The number of furan rings is 1. The minimum Gasteiger partial charge on any atom is -0.480 e. The Bertz CT molecular complexity index is 1640. The average molecular weight is 471 g/mol. The summed E-state index contributed by atoms with van der Waals surface area (Å²) in [4.78, 5) is 29.4. The summed E-state index contributed by atoms with van der Waals surface area (Å²) in [6.45, 7) is 3.25. The van der Waals surface area contributed by atoms with Crippen molar-refractivity contribution in [3.05, 3.63) is 94.7 Å². The van der Waals surface area contributed by atoms with Gasteiger partial charge in [-0.25, -0.2) is 14.2 Å². The van der Waals surface area contributed by atoms with E-state index < -0.39 is 23.4 Å². The fraction of sp³-hybridized carbons (Fsp3) is 0.148. The van der Waals surface area contributed by atoms with Gasteiger partial charge in [0.2, 0.25) is 0 Å². The number of halogens is 1.